The third-order valence-electron chi connectivity index (χ3n) is 2.98. The summed E-state index contributed by atoms with van der Waals surface area (Å²) >= 11 is 0. The van der Waals surface area contributed by atoms with Gasteiger partial charge in [-0.2, -0.15) is 0 Å². The van der Waals surface area contributed by atoms with Gasteiger partial charge in [-0.15, -0.1) is 0 Å². The second-order valence-corrected chi connectivity index (χ2v) is 5.92. The van der Waals surface area contributed by atoms with Crippen LogP contribution in [-0.2, 0) is 4.74 Å². The van der Waals surface area contributed by atoms with Crippen molar-refractivity contribution in [3.8, 4) is 0 Å². The van der Waals surface area contributed by atoms with Crippen LogP contribution in [0, 0.1) is 0 Å². The summed E-state index contributed by atoms with van der Waals surface area (Å²) in [4.78, 5) is 13.7. The number of rotatable bonds is 2. The van der Waals surface area contributed by atoms with Gasteiger partial charge in [0.1, 0.15) is 5.60 Å². The van der Waals surface area contributed by atoms with Crippen LogP contribution >= 0.6 is 0 Å². The Balaban J connectivity index is 1.85. The molecule has 1 N–H and O–H groups in total. The number of ether oxygens (including phenoxy) is 1. The number of nitrogens with zero attached hydrogens (tertiary/aromatic N) is 1. The predicted molar refractivity (Wildman–Crippen MR) is 76.3 cm³/mol. The Morgan fingerprint density at radius 2 is 2.00 bits per heavy atom. The molecule has 2 rings (SSSR count). The molecule has 0 bridgehead atoms. The molecule has 1 fully saturated rings. The van der Waals surface area contributed by atoms with Gasteiger partial charge in [-0.05, 0) is 39.3 Å². The van der Waals surface area contributed by atoms with Gasteiger partial charge in [-0.3, -0.25) is 0 Å². The third-order valence-corrected chi connectivity index (χ3v) is 2.98. The smallest absolute Gasteiger partial charge is 0.410 e. The summed E-state index contributed by atoms with van der Waals surface area (Å²) in [6.07, 6.45) is 0.735. The minimum atomic E-state index is -0.429. The lowest BCUT2D eigenvalue weighted by atomic mass is 10.2. The second-order valence-electron chi connectivity index (χ2n) is 5.92. The van der Waals surface area contributed by atoms with Gasteiger partial charge in [-0.25, -0.2) is 4.79 Å². The lowest BCUT2D eigenvalue weighted by molar-refractivity contribution is 0.0293. The number of nitrogens with one attached hydrogen (secondary N) is 1. The zero-order valence-corrected chi connectivity index (χ0v) is 11.8. The summed E-state index contributed by atoms with van der Waals surface area (Å²) in [6.45, 7) is 7.12. The van der Waals surface area contributed by atoms with Gasteiger partial charge >= 0.3 is 6.09 Å². The number of para-hydroxylation sites is 1. The first-order valence-corrected chi connectivity index (χ1v) is 6.73. The number of carbonyl (C=O) groups is 1. The van der Waals surface area contributed by atoms with E-state index in [4.69, 9.17) is 4.74 Å². The highest BCUT2D eigenvalue weighted by Gasteiger charge is 2.29. The van der Waals surface area contributed by atoms with E-state index in [1.807, 2.05) is 51.1 Å². The summed E-state index contributed by atoms with van der Waals surface area (Å²) in [5.74, 6) is 0. The van der Waals surface area contributed by atoms with E-state index < -0.39 is 5.60 Å². The van der Waals surface area contributed by atoms with E-state index in [0.29, 0.717) is 12.6 Å². The van der Waals surface area contributed by atoms with Crippen LogP contribution < -0.4 is 5.32 Å². The Morgan fingerprint density at radius 3 is 2.63 bits per heavy atom. The molecule has 0 aliphatic carbocycles. The van der Waals surface area contributed by atoms with Crippen molar-refractivity contribution in [1.29, 1.82) is 0 Å². The van der Waals surface area contributed by atoms with E-state index in [0.717, 1.165) is 18.7 Å². The van der Waals surface area contributed by atoms with Crippen molar-refractivity contribution < 1.29 is 9.53 Å². The molecule has 19 heavy (non-hydrogen) atoms. The fraction of sp³-hybridized carbons (Fsp3) is 0.533. The summed E-state index contributed by atoms with van der Waals surface area (Å²) in [7, 11) is 0. The number of hydrogen-bond acceptors (Lipinski definition) is 3. The molecular formula is C15H22N2O2. The van der Waals surface area contributed by atoms with Crippen molar-refractivity contribution in [3.05, 3.63) is 30.3 Å². The summed E-state index contributed by atoms with van der Waals surface area (Å²) < 4.78 is 5.38. The Hall–Kier alpha value is -1.71. The molecule has 1 unspecified atom stereocenters. The van der Waals surface area contributed by atoms with Crippen LogP contribution in [0.15, 0.2) is 30.3 Å². The maximum atomic E-state index is 11.9. The number of amides is 1. The lowest BCUT2D eigenvalue weighted by Gasteiger charge is -2.24. The highest BCUT2D eigenvalue weighted by Crippen LogP contribution is 2.18. The molecule has 1 atom stereocenters. The van der Waals surface area contributed by atoms with Crippen molar-refractivity contribution in [3.63, 3.8) is 0 Å². The Bertz CT molecular complexity index is 426. The van der Waals surface area contributed by atoms with Gasteiger partial charge in [0, 0.05) is 24.8 Å². The first-order chi connectivity index (χ1) is 8.94. The maximum absolute atomic E-state index is 11.9. The molecule has 1 aromatic carbocycles. The van der Waals surface area contributed by atoms with Crippen molar-refractivity contribution in [2.45, 2.75) is 38.8 Å². The number of likely N-dealkylation sites (tertiary alicyclic amines) is 1. The van der Waals surface area contributed by atoms with E-state index in [1.165, 1.54) is 0 Å². The molecule has 104 valence electrons. The SMILES string of the molecule is CC(C)(C)OC(=O)N1CCC(Nc2ccccc2)C1. The molecule has 1 heterocycles. The largest absolute Gasteiger partial charge is 0.444 e. The van der Waals surface area contributed by atoms with E-state index in [1.54, 1.807) is 4.90 Å². The molecule has 1 aliphatic rings. The minimum absolute atomic E-state index is 0.218. The summed E-state index contributed by atoms with van der Waals surface area (Å²) in [5.41, 5.74) is 0.667. The van der Waals surface area contributed by atoms with Crippen LogP contribution in [-0.4, -0.2) is 35.7 Å². The Morgan fingerprint density at radius 1 is 1.32 bits per heavy atom. The van der Waals surface area contributed by atoms with Gasteiger partial charge in [-0.1, -0.05) is 18.2 Å². The van der Waals surface area contributed by atoms with E-state index >= 15 is 0 Å². The first kappa shape index (κ1) is 13.7. The molecule has 0 saturated carbocycles. The van der Waals surface area contributed by atoms with Gasteiger partial charge in [0.05, 0.1) is 0 Å². The van der Waals surface area contributed by atoms with Gasteiger partial charge in [0.2, 0.25) is 0 Å². The van der Waals surface area contributed by atoms with Gasteiger partial charge in [0.15, 0.2) is 0 Å². The van der Waals surface area contributed by atoms with Crippen molar-refractivity contribution in [2.24, 2.45) is 0 Å². The summed E-state index contributed by atoms with van der Waals surface area (Å²) in [6, 6.07) is 10.4. The van der Waals surface area contributed by atoms with E-state index in [-0.39, 0.29) is 6.09 Å². The maximum Gasteiger partial charge on any atom is 0.410 e. The monoisotopic (exact) mass is 262 g/mol. The quantitative estimate of drug-likeness (QED) is 0.890. The average molecular weight is 262 g/mol. The fourth-order valence-corrected chi connectivity index (χ4v) is 2.14. The second kappa shape index (κ2) is 5.51. The molecule has 1 amide bonds. The molecule has 0 spiro atoms. The van der Waals surface area contributed by atoms with Gasteiger partial charge in [0.25, 0.3) is 0 Å². The van der Waals surface area contributed by atoms with Crippen LogP contribution in [0.2, 0.25) is 0 Å². The van der Waals surface area contributed by atoms with E-state index in [2.05, 4.69) is 5.32 Å². The highest BCUT2D eigenvalue weighted by atomic mass is 16.6. The zero-order valence-electron chi connectivity index (χ0n) is 11.8. The molecule has 0 aromatic heterocycles. The lowest BCUT2D eigenvalue weighted by Crippen LogP contribution is -2.36. The normalized spacial score (nSPS) is 19.3. The molecule has 1 aromatic rings. The molecule has 1 aliphatic heterocycles. The predicted octanol–water partition coefficient (Wildman–Crippen LogP) is 3.11. The number of benzene rings is 1. The van der Waals surface area contributed by atoms with Crippen molar-refractivity contribution >= 4 is 11.8 Å². The van der Waals surface area contributed by atoms with Crippen LogP contribution in [0.3, 0.4) is 0 Å². The highest BCUT2D eigenvalue weighted by molar-refractivity contribution is 5.68. The summed E-state index contributed by atoms with van der Waals surface area (Å²) in [5, 5.41) is 3.44. The molecule has 4 heteroatoms. The van der Waals surface area contributed by atoms with Gasteiger partial charge < -0.3 is 15.0 Å². The number of carbonyl (C=O) groups excluding carboxylic acids is 1. The Labute approximate surface area is 114 Å². The Kier molecular flexibility index (Phi) is 3.98. The number of hydrogen-bond donors (Lipinski definition) is 1. The molecule has 0 radical (unpaired) electrons. The standard InChI is InChI=1S/C15H22N2O2/c1-15(2,3)19-14(18)17-10-9-13(11-17)16-12-7-5-4-6-8-12/h4-8,13,16H,9-11H2,1-3H3. The zero-order chi connectivity index (χ0) is 13.9. The van der Waals surface area contributed by atoms with Crippen LogP contribution in [0.4, 0.5) is 10.5 Å². The van der Waals surface area contributed by atoms with Crippen molar-refractivity contribution in [1.82, 2.24) is 4.90 Å². The van der Waals surface area contributed by atoms with E-state index in [9.17, 15) is 4.79 Å². The minimum Gasteiger partial charge on any atom is -0.444 e. The van der Waals surface area contributed by atoms with Crippen LogP contribution in [0.5, 0.6) is 0 Å². The first-order valence-electron chi connectivity index (χ1n) is 6.73. The third kappa shape index (κ3) is 4.16. The molecular weight excluding hydrogens is 240 g/mol. The number of anilines is 1. The van der Waals surface area contributed by atoms with Crippen molar-refractivity contribution in [2.75, 3.05) is 18.4 Å². The molecule has 1 saturated heterocycles. The van der Waals surface area contributed by atoms with Crippen LogP contribution in [0.25, 0.3) is 0 Å². The fourth-order valence-electron chi connectivity index (χ4n) is 2.14. The van der Waals surface area contributed by atoms with Crippen LogP contribution in [0.1, 0.15) is 27.2 Å². The topological polar surface area (TPSA) is 41.6 Å². The average Bonchev–Trinajstić information content (AvgIpc) is 2.77. The molecule has 4 nitrogen and oxygen atoms in total.